The number of carbonyl (C=O) groups excluding carboxylic acids is 1. The quantitative estimate of drug-likeness (QED) is 0.734. The monoisotopic (exact) mass is 327 g/mol. The standard InChI is InChI=1S/C17H23F2NO3/c1-5-17(3,4)20-15(21)10-8-12-7-9-13(23-16(18)19)14(11-12)22-6-2/h7-11,16H,5-6H2,1-4H3,(H,20,21)/b10-8+. The highest BCUT2D eigenvalue weighted by atomic mass is 19.3. The number of rotatable bonds is 8. The maximum Gasteiger partial charge on any atom is 0.387 e. The molecule has 23 heavy (non-hydrogen) atoms. The molecule has 0 aliphatic rings. The molecule has 0 heterocycles. The molecule has 0 fully saturated rings. The molecule has 128 valence electrons. The molecule has 0 radical (unpaired) electrons. The van der Waals surface area contributed by atoms with Gasteiger partial charge in [0.05, 0.1) is 6.61 Å². The van der Waals surface area contributed by atoms with Crippen molar-refractivity contribution in [3.05, 3.63) is 29.8 Å². The third-order valence-corrected chi connectivity index (χ3v) is 3.26. The minimum atomic E-state index is -2.92. The molecule has 4 nitrogen and oxygen atoms in total. The summed E-state index contributed by atoms with van der Waals surface area (Å²) < 4.78 is 34.4. The van der Waals surface area contributed by atoms with E-state index in [2.05, 4.69) is 10.1 Å². The van der Waals surface area contributed by atoms with Crippen molar-refractivity contribution in [3.8, 4) is 11.5 Å². The van der Waals surface area contributed by atoms with Crippen LogP contribution in [0.1, 0.15) is 39.7 Å². The van der Waals surface area contributed by atoms with Crippen LogP contribution in [-0.4, -0.2) is 24.7 Å². The summed E-state index contributed by atoms with van der Waals surface area (Å²) in [5, 5.41) is 2.87. The van der Waals surface area contributed by atoms with Crippen LogP contribution in [0.15, 0.2) is 24.3 Å². The van der Waals surface area contributed by atoms with Crippen LogP contribution in [0.25, 0.3) is 6.08 Å². The number of alkyl halides is 2. The summed E-state index contributed by atoms with van der Waals surface area (Å²) >= 11 is 0. The highest BCUT2D eigenvalue weighted by Crippen LogP contribution is 2.30. The van der Waals surface area contributed by atoms with Gasteiger partial charge >= 0.3 is 6.61 Å². The Labute approximate surface area is 135 Å². The lowest BCUT2D eigenvalue weighted by molar-refractivity contribution is -0.118. The Morgan fingerprint density at radius 1 is 1.30 bits per heavy atom. The van der Waals surface area contributed by atoms with Gasteiger partial charge in [-0.05, 0) is 51.0 Å². The molecule has 0 saturated heterocycles. The van der Waals surface area contributed by atoms with Crippen LogP contribution in [-0.2, 0) is 4.79 Å². The first-order valence-corrected chi connectivity index (χ1v) is 7.49. The van der Waals surface area contributed by atoms with Crippen molar-refractivity contribution in [1.82, 2.24) is 5.32 Å². The molecule has 6 heteroatoms. The maximum absolute atomic E-state index is 12.3. The van der Waals surface area contributed by atoms with Crippen molar-refractivity contribution in [3.63, 3.8) is 0 Å². The highest BCUT2D eigenvalue weighted by molar-refractivity contribution is 5.92. The number of hydrogen-bond donors (Lipinski definition) is 1. The molecule has 1 N–H and O–H groups in total. The summed E-state index contributed by atoms with van der Waals surface area (Å²) in [5.41, 5.74) is 0.367. The van der Waals surface area contributed by atoms with Crippen LogP contribution in [0.3, 0.4) is 0 Å². The van der Waals surface area contributed by atoms with Crippen molar-refractivity contribution < 1.29 is 23.0 Å². The molecular weight excluding hydrogens is 304 g/mol. The van der Waals surface area contributed by atoms with Crippen LogP contribution in [0.2, 0.25) is 0 Å². The number of carbonyl (C=O) groups is 1. The van der Waals surface area contributed by atoms with Crippen molar-refractivity contribution in [1.29, 1.82) is 0 Å². The van der Waals surface area contributed by atoms with E-state index in [1.807, 2.05) is 20.8 Å². The van der Waals surface area contributed by atoms with Crippen molar-refractivity contribution in [2.75, 3.05) is 6.61 Å². The molecule has 0 bridgehead atoms. The second kappa shape index (κ2) is 8.50. The second-order valence-corrected chi connectivity index (χ2v) is 5.58. The third-order valence-electron chi connectivity index (χ3n) is 3.26. The fraction of sp³-hybridized carbons (Fsp3) is 0.471. The Morgan fingerprint density at radius 2 is 2.00 bits per heavy atom. The lowest BCUT2D eigenvalue weighted by atomic mass is 10.0. The highest BCUT2D eigenvalue weighted by Gasteiger charge is 2.16. The van der Waals surface area contributed by atoms with Crippen LogP contribution >= 0.6 is 0 Å². The zero-order chi connectivity index (χ0) is 17.5. The van der Waals surface area contributed by atoms with E-state index in [9.17, 15) is 13.6 Å². The number of benzene rings is 1. The molecule has 1 amide bonds. The topological polar surface area (TPSA) is 47.6 Å². The molecule has 0 aliphatic carbocycles. The van der Waals surface area contributed by atoms with Gasteiger partial charge in [0.2, 0.25) is 5.91 Å². The third kappa shape index (κ3) is 6.67. The number of amides is 1. The average molecular weight is 327 g/mol. The van der Waals surface area contributed by atoms with E-state index in [4.69, 9.17) is 4.74 Å². The zero-order valence-electron chi connectivity index (χ0n) is 13.9. The number of halogens is 2. The van der Waals surface area contributed by atoms with Crippen LogP contribution in [0, 0.1) is 0 Å². The smallest absolute Gasteiger partial charge is 0.387 e. The Bertz CT molecular complexity index is 557. The van der Waals surface area contributed by atoms with Crippen LogP contribution < -0.4 is 14.8 Å². The predicted octanol–water partition coefficient (Wildman–Crippen LogP) is 4.00. The molecular formula is C17H23F2NO3. The van der Waals surface area contributed by atoms with E-state index in [1.54, 1.807) is 25.1 Å². The normalized spacial score (nSPS) is 11.8. The van der Waals surface area contributed by atoms with Gasteiger partial charge in [0.25, 0.3) is 0 Å². The van der Waals surface area contributed by atoms with Gasteiger partial charge in [0, 0.05) is 11.6 Å². The van der Waals surface area contributed by atoms with Gasteiger partial charge in [-0.1, -0.05) is 13.0 Å². The summed E-state index contributed by atoms with van der Waals surface area (Å²) in [6.45, 7) is 5.00. The van der Waals surface area contributed by atoms with Gasteiger partial charge < -0.3 is 14.8 Å². The molecule has 0 atom stereocenters. The Kier molecular flexibility index (Phi) is 7.00. The minimum Gasteiger partial charge on any atom is -0.490 e. The summed E-state index contributed by atoms with van der Waals surface area (Å²) in [7, 11) is 0. The summed E-state index contributed by atoms with van der Waals surface area (Å²) in [5.74, 6) is -0.0393. The largest absolute Gasteiger partial charge is 0.490 e. The van der Waals surface area contributed by atoms with Crippen molar-refractivity contribution in [2.24, 2.45) is 0 Å². The summed E-state index contributed by atoms with van der Waals surface area (Å²) in [4.78, 5) is 11.9. The lowest BCUT2D eigenvalue weighted by Gasteiger charge is -2.23. The molecule has 1 aromatic rings. The molecule has 1 rings (SSSR count). The fourth-order valence-corrected chi connectivity index (χ4v) is 1.73. The maximum atomic E-state index is 12.3. The van der Waals surface area contributed by atoms with E-state index >= 15 is 0 Å². The SMILES string of the molecule is CCOc1cc(/C=C/C(=O)NC(C)(C)CC)ccc1OC(F)F. The lowest BCUT2D eigenvalue weighted by Crippen LogP contribution is -2.41. The Hall–Kier alpha value is -2.11. The van der Waals surface area contributed by atoms with E-state index in [1.165, 1.54) is 12.1 Å². The number of hydrogen-bond acceptors (Lipinski definition) is 3. The van der Waals surface area contributed by atoms with Crippen molar-refractivity contribution >= 4 is 12.0 Å². The summed E-state index contributed by atoms with van der Waals surface area (Å²) in [6.07, 6.45) is 3.80. The van der Waals surface area contributed by atoms with E-state index < -0.39 is 6.61 Å². The van der Waals surface area contributed by atoms with Crippen LogP contribution in [0.5, 0.6) is 11.5 Å². The van der Waals surface area contributed by atoms with Gasteiger partial charge in [0.1, 0.15) is 0 Å². The molecule has 0 unspecified atom stereocenters. The van der Waals surface area contributed by atoms with Crippen molar-refractivity contribution in [2.45, 2.75) is 46.3 Å². The number of ether oxygens (including phenoxy) is 2. The van der Waals surface area contributed by atoms with E-state index in [-0.39, 0.29) is 22.9 Å². The molecule has 0 aliphatic heterocycles. The van der Waals surface area contributed by atoms with Crippen LogP contribution in [0.4, 0.5) is 8.78 Å². The number of nitrogens with one attached hydrogen (secondary N) is 1. The first-order chi connectivity index (χ1) is 10.8. The second-order valence-electron chi connectivity index (χ2n) is 5.58. The molecule has 0 aromatic heterocycles. The molecule has 1 aromatic carbocycles. The first-order valence-electron chi connectivity index (χ1n) is 7.49. The average Bonchev–Trinajstić information content (AvgIpc) is 2.47. The van der Waals surface area contributed by atoms with Gasteiger partial charge in [-0.3, -0.25) is 4.79 Å². The fourth-order valence-electron chi connectivity index (χ4n) is 1.73. The first kappa shape index (κ1) is 18.9. The Morgan fingerprint density at radius 3 is 2.57 bits per heavy atom. The van der Waals surface area contributed by atoms with Gasteiger partial charge in [0.15, 0.2) is 11.5 Å². The van der Waals surface area contributed by atoms with Gasteiger partial charge in [-0.2, -0.15) is 8.78 Å². The van der Waals surface area contributed by atoms with E-state index in [0.29, 0.717) is 12.2 Å². The van der Waals surface area contributed by atoms with Gasteiger partial charge in [-0.25, -0.2) is 0 Å². The van der Waals surface area contributed by atoms with Gasteiger partial charge in [-0.15, -0.1) is 0 Å². The predicted molar refractivity (Wildman–Crippen MR) is 85.8 cm³/mol. The molecule has 0 saturated carbocycles. The molecule has 0 spiro atoms. The Balaban J connectivity index is 2.86. The van der Waals surface area contributed by atoms with E-state index in [0.717, 1.165) is 6.42 Å². The zero-order valence-corrected chi connectivity index (χ0v) is 13.9. The summed E-state index contributed by atoms with van der Waals surface area (Å²) in [6, 6.07) is 4.52. The minimum absolute atomic E-state index is 0.0319.